The first kappa shape index (κ1) is 9.92. The first-order chi connectivity index (χ1) is 6.15. The molecule has 0 fully saturated rings. The zero-order valence-corrected chi connectivity index (χ0v) is 7.69. The van der Waals surface area contributed by atoms with Gasteiger partial charge >= 0.3 is 0 Å². The van der Waals surface area contributed by atoms with Gasteiger partial charge in [-0.3, -0.25) is 4.79 Å². The summed E-state index contributed by atoms with van der Waals surface area (Å²) in [6.45, 7) is 0. The quantitative estimate of drug-likeness (QED) is 0.410. The van der Waals surface area contributed by atoms with Crippen LogP contribution in [-0.2, 0) is 0 Å². The highest BCUT2D eigenvalue weighted by molar-refractivity contribution is 7.78. The van der Waals surface area contributed by atoms with Gasteiger partial charge < -0.3 is 0 Å². The van der Waals surface area contributed by atoms with Crippen LogP contribution in [0.5, 0.6) is 0 Å². The Labute approximate surface area is 83.3 Å². The second-order valence-corrected chi connectivity index (χ2v) is 2.54. The molecule has 13 heavy (non-hydrogen) atoms. The molecule has 1 rings (SSSR count). The molecule has 0 saturated heterocycles. The van der Waals surface area contributed by atoms with Crippen LogP contribution in [0.1, 0.15) is 10.4 Å². The number of aromatic nitrogens is 1. The lowest BCUT2D eigenvalue weighted by Crippen LogP contribution is -1.98. The van der Waals surface area contributed by atoms with E-state index in [2.05, 4.69) is 22.2 Å². The predicted octanol–water partition coefficient (Wildman–Crippen LogP) is 2.12. The fourth-order valence-electron chi connectivity index (χ4n) is 0.674. The number of aliphatic imine (C=N–C) groups is 1. The highest BCUT2D eigenvalue weighted by Crippen LogP contribution is 2.14. The maximum absolute atomic E-state index is 12.6. The largest absolute Gasteiger partial charge is 0.289 e. The molecule has 1 aromatic rings. The minimum atomic E-state index is -0.757. The Hall–Kier alpha value is -1.16. The van der Waals surface area contributed by atoms with Gasteiger partial charge in [0.2, 0.25) is 0 Å². The average molecular weight is 217 g/mol. The molecular weight excluding hydrogens is 215 g/mol. The maximum Gasteiger partial charge on any atom is 0.289 e. The second-order valence-electron chi connectivity index (χ2n) is 2.00. The lowest BCUT2D eigenvalue weighted by molar-refractivity contribution is 0.100. The van der Waals surface area contributed by atoms with Gasteiger partial charge in [0.1, 0.15) is 11.0 Å². The van der Waals surface area contributed by atoms with E-state index in [4.69, 9.17) is 11.6 Å². The minimum Gasteiger partial charge on any atom is -0.266 e. The van der Waals surface area contributed by atoms with Crippen molar-refractivity contribution in [3.05, 3.63) is 28.8 Å². The number of carbonyl (C=O) groups is 1. The summed E-state index contributed by atoms with van der Waals surface area (Å²) in [6, 6.07) is 0.938. The highest BCUT2D eigenvalue weighted by atomic mass is 35.5. The van der Waals surface area contributed by atoms with Crippen molar-refractivity contribution >= 4 is 34.9 Å². The summed E-state index contributed by atoms with van der Waals surface area (Å²) in [5.41, 5.74) is -0.126. The highest BCUT2D eigenvalue weighted by Gasteiger charge is 2.10. The molecule has 0 radical (unpaired) electrons. The number of hydrogen-bond acceptors (Lipinski definition) is 3. The molecule has 0 atom stereocenters. The normalized spacial score (nSPS) is 9.08. The van der Waals surface area contributed by atoms with Gasteiger partial charge in [0.15, 0.2) is 0 Å². The van der Waals surface area contributed by atoms with Gasteiger partial charge in [0.05, 0.1) is 16.9 Å². The summed E-state index contributed by atoms with van der Waals surface area (Å²) < 4.78 is 12.6. The number of thiocarbonyl (C=S) groups is 1. The molecule has 0 aliphatic rings. The van der Waals surface area contributed by atoms with Crippen molar-refractivity contribution in [2.45, 2.75) is 0 Å². The monoisotopic (exact) mass is 216 g/mol. The summed E-state index contributed by atoms with van der Waals surface area (Å²) in [4.78, 5) is 17.6. The summed E-state index contributed by atoms with van der Waals surface area (Å²) in [5, 5.41) is 1.75. The molecule has 0 aliphatic carbocycles. The van der Waals surface area contributed by atoms with Crippen LogP contribution in [0.4, 0.5) is 4.39 Å². The average Bonchev–Trinajstić information content (AvgIpc) is 2.09. The van der Waals surface area contributed by atoms with E-state index in [0.717, 1.165) is 12.3 Å². The van der Waals surface area contributed by atoms with E-state index < -0.39 is 11.7 Å². The molecule has 0 unspecified atom stereocenters. The van der Waals surface area contributed by atoms with E-state index in [1.807, 2.05) is 5.16 Å². The van der Waals surface area contributed by atoms with Crippen LogP contribution in [0.25, 0.3) is 0 Å². The fraction of sp³-hybridized carbons (Fsp3) is 0. The molecular formula is C7H2ClFN2OS. The molecule has 1 heterocycles. The number of amides is 1. The molecule has 66 valence electrons. The Morgan fingerprint density at radius 2 is 2.46 bits per heavy atom. The van der Waals surface area contributed by atoms with Crippen molar-refractivity contribution in [3.63, 3.8) is 0 Å². The molecule has 0 spiro atoms. The lowest BCUT2D eigenvalue weighted by atomic mass is 10.3. The third-order valence-corrected chi connectivity index (χ3v) is 1.58. The Kier molecular flexibility index (Phi) is 3.19. The van der Waals surface area contributed by atoms with Crippen molar-refractivity contribution in [1.82, 2.24) is 4.98 Å². The van der Waals surface area contributed by atoms with Gasteiger partial charge in [-0.2, -0.15) is 4.99 Å². The zero-order chi connectivity index (χ0) is 9.84. The molecule has 6 heteroatoms. The van der Waals surface area contributed by atoms with Crippen LogP contribution in [-0.4, -0.2) is 16.1 Å². The number of rotatable bonds is 1. The molecule has 0 aliphatic heterocycles. The third-order valence-electron chi connectivity index (χ3n) is 1.18. The second kappa shape index (κ2) is 4.18. The first-order valence-corrected chi connectivity index (χ1v) is 3.87. The molecule has 0 N–H and O–H groups in total. The van der Waals surface area contributed by atoms with Crippen molar-refractivity contribution in [3.8, 4) is 0 Å². The molecule has 0 bridgehead atoms. The summed E-state index contributed by atoms with van der Waals surface area (Å²) in [5.74, 6) is -1.42. The number of hydrogen-bond donors (Lipinski definition) is 0. The standard InChI is InChI=1S/C7H2ClFN2OS/c8-6-5(7(12)11-3-13)1-4(9)2-10-6/h1-2H. The van der Waals surface area contributed by atoms with Gasteiger partial charge in [-0.25, -0.2) is 9.37 Å². The van der Waals surface area contributed by atoms with Crippen LogP contribution >= 0.6 is 23.8 Å². The Balaban J connectivity index is 3.20. The Morgan fingerprint density at radius 1 is 1.77 bits per heavy atom. The van der Waals surface area contributed by atoms with Crippen LogP contribution in [0.2, 0.25) is 5.15 Å². The van der Waals surface area contributed by atoms with Crippen molar-refractivity contribution in [1.29, 1.82) is 0 Å². The smallest absolute Gasteiger partial charge is 0.266 e. The summed E-state index contributed by atoms with van der Waals surface area (Å²) in [6.07, 6.45) is 0.903. The van der Waals surface area contributed by atoms with Crippen LogP contribution < -0.4 is 0 Å². The minimum absolute atomic E-state index is 0.111. The number of nitrogens with zero attached hydrogens (tertiary/aromatic N) is 2. The van der Waals surface area contributed by atoms with Crippen LogP contribution in [0.15, 0.2) is 17.3 Å². The molecule has 0 aromatic carbocycles. The van der Waals surface area contributed by atoms with E-state index >= 15 is 0 Å². The van der Waals surface area contributed by atoms with Crippen molar-refractivity contribution < 1.29 is 9.18 Å². The number of pyridine rings is 1. The van der Waals surface area contributed by atoms with Gasteiger partial charge in [-0.05, 0) is 18.3 Å². The Bertz CT molecular complexity index is 403. The van der Waals surface area contributed by atoms with Gasteiger partial charge in [-0.15, -0.1) is 0 Å². The van der Waals surface area contributed by atoms with Crippen molar-refractivity contribution in [2.75, 3.05) is 0 Å². The van der Waals surface area contributed by atoms with E-state index in [0.29, 0.717) is 0 Å². The van der Waals surface area contributed by atoms with Crippen LogP contribution in [0, 0.1) is 5.82 Å². The third kappa shape index (κ3) is 2.39. The number of isothiocyanates is 1. The van der Waals surface area contributed by atoms with Crippen LogP contribution in [0.3, 0.4) is 0 Å². The number of carbonyl (C=O) groups excluding carboxylic acids is 1. The van der Waals surface area contributed by atoms with E-state index in [9.17, 15) is 9.18 Å². The van der Waals surface area contributed by atoms with Gasteiger partial charge in [-0.1, -0.05) is 11.6 Å². The summed E-state index contributed by atoms with van der Waals surface area (Å²) in [7, 11) is 0. The van der Waals surface area contributed by atoms with E-state index in [-0.39, 0.29) is 10.7 Å². The SMILES string of the molecule is O=C(N=C=S)c1cc(F)cnc1Cl. The fourth-order valence-corrected chi connectivity index (χ4v) is 0.941. The lowest BCUT2D eigenvalue weighted by Gasteiger charge is -1.96. The predicted molar refractivity (Wildman–Crippen MR) is 48.6 cm³/mol. The summed E-state index contributed by atoms with van der Waals surface area (Å²) >= 11 is 9.72. The van der Waals surface area contributed by atoms with Gasteiger partial charge in [0, 0.05) is 0 Å². The maximum atomic E-state index is 12.6. The van der Waals surface area contributed by atoms with Crippen molar-refractivity contribution in [2.24, 2.45) is 4.99 Å². The topological polar surface area (TPSA) is 42.3 Å². The molecule has 3 nitrogen and oxygen atoms in total. The van der Waals surface area contributed by atoms with E-state index in [1.54, 1.807) is 0 Å². The first-order valence-electron chi connectivity index (χ1n) is 3.08. The zero-order valence-electron chi connectivity index (χ0n) is 6.12. The number of halogens is 2. The van der Waals surface area contributed by atoms with E-state index in [1.165, 1.54) is 0 Å². The molecule has 1 aromatic heterocycles. The Morgan fingerprint density at radius 3 is 3.08 bits per heavy atom. The van der Waals surface area contributed by atoms with Gasteiger partial charge in [0.25, 0.3) is 5.91 Å². The molecule has 0 saturated carbocycles. The molecule has 1 amide bonds.